The number of halogens is 3. The molecule has 1 aromatic rings. The molecule has 0 saturated heterocycles. The van der Waals surface area contributed by atoms with Crippen LogP contribution in [0, 0.1) is 12.5 Å². The smallest absolute Gasteiger partial charge is 0.265 e. The van der Waals surface area contributed by atoms with Gasteiger partial charge in [0, 0.05) is 0 Å². The lowest BCUT2D eigenvalue weighted by atomic mass is 10.3. The summed E-state index contributed by atoms with van der Waals surface area (Å²) >= 11 is 9.86. The van der Waals surface area contributed by atoms with Crippen molar-refractivity contribution in [3.8, 4) is 18.3 Å². The standard InChI is InChI=1S/C10H7Br3O2/c1-2-14-9(11)10(12,13)15-8-6-4-3-5-7-8/h1,3-7,9H. The first-order valence-corrected chi connectivity index (χ1v) is 6.43. The van der Waals surface area contributed by atoms with E-state index in [2.05, 4.69) is 53.9 Å². The Kier molecular flexibility index (Phi) is 4.97. The van der Waals surface area contributed by atoms with Gasteiger partial charge in [0.05, 0.1) is 0 Å². The van der Waals surface area contributed by atoms with E-state index < -0.39 is 8.43 Å². The maximum Gasteiger partial charge on any atom is 0.265 e. The van der Waals surface area contributed by atoms with Gasteiger partial charge in [0.15, 0.2) is 0 Å². The van der Waals surface area contributed by atoms with Crippen molar-refractivity contribution in [1.82, 2.24) is 0 Å². The van der Waals surface area contributed by atoms with E-state index in [1.807, 2.05) is 30.3 Å². The van der Waals surface area contributed by atoms with Crippen LogP contribution in [-0.4, -0.2) is 8.43 Å². The lowest BCUT2D eigenvalue weighted by Gasteiger charge is -2.25. The highest BCUT2D eigenvalue weighted by molar-refractivity contribution is 9.26. The van der Waals surface area contributed by atoms with Crippen LogP contribution >= 0.6 is 47.8 Å². The number of para-hydroxylation sites is 1. The molecule has 2 nitrogen and oxygen atoms in total. The zero-order chi connectivity index (χ0) is 11.3. The number of ether oxygens (including phenoxy) is 2. The maximum atomic E-state index is 5.58. The summed E-state index contributed by atoms with van der Waals surface area (Å²) in [7, 11) is 0. The molecule has 0 aliphatic rings. The first-order valence-electron chi connectivity index (χ1n) is 3.93. The van der Waals surface area contributed by atoms with Crippen molar-refractivity contribution in [3.63, 3.8) is 0 Å². The number of alkyl halides is 3. The predicted octanol–water partition coefficient (Wildman–Crippen LogP) is 3.84. The molecule has 0 N–H and O–H groups in total. The van der Waals surface area contributed by atoms with Crippen molar-refractivity contribution in [2.24, 2.45) is 0 Å². The molecular formula is C10H7Br3O2. The minimum atomic E-state index is -0.909. The van der Waals surface area contributed by atoms with Crippen LogP contribution in [0.3, 0.4) is 0 Å². The van der Waals surface area contributed by atoms with E-state index in [0.717, 1.165) is 0 Å². The second kappa shape index (κ2) is 5.78. The average Bonchev–Trinajstić information content (AvgIpc) is 2.19. The fourth-order valence-corrected chi connectivity index (χ4v) is 1.58. The second-order valence-corrected chi connectivity index (χ2v) is 6.78. The molecule has 0 fully saturated rings. The first kappa shape index (κ1) is 12.9. The van der Waals surface area contributed by atoms with Gasteiger partial charge in [-0.05, 0) is 59.9 Å². The summed E-state index contributed by atoms with van der Waals surface area (Å²) in [6.07, 6.45) is 7.09. The summed E-state index contributed by atoms with van der Waals surface area (Å²) < 4.78 is 9.58. The Bertz CT molecular complexity index is 345. The number of rotatable bonds is 4. The molecule has 1 aromatic carbocycles. The molecule has 5 heteroatoms. The third kappa shape index (κ3) is 4.06. The van der Waals surface area contributed by atoms with Crippen molar-refractivity contribution >= 4 is 47.8 Å². The maximum absolute atomic E-state index is 5.58. The van der Waals surface area contributed by atoms with Crippen LogP contribution < -0.4 is 4.74 Å². The van der Waals surface area contributed by atoms with E-state index in [9.17, 15) is 0 Å². The summed E-state index contributed by atoms with van der Waals surface area (Å²) in [6.45, 7) is 0. The van der Waals surface area contributed by atoms with Crippen LogP contribution in [0.2, 0.25) is 0 Å². The quantitative estimate of drug-likeness (QED) is 0.566. The third-order valence-corrected chi connectivity index (χ3v) is 4.65. The van der Waals surface area contributed by atoms with E-state index in [0.29, 0.717) is 5.75 Å². The Morgan fingerprint density at radius 2 is 1.87 bits per heavy atom. The molecule has 0 saturated carbocycles. The molecule has 1 rings (SSSR count). The zero-order valence-electron chi connectivity index (χ0n) is 7.49. The number of benzene rings is 1. The van der Waals surface area contributed by atoms with Crippen LogP contribution in [-0.2, 0) is 4.74 Å². The Morgan fingerprint density at radius 1 is 1.27 bits per heavy atom. The fraction of sp³-hybridized carbons (Fsp3) is 0.200. The summed E-state index contributed by atoms with van der Waals surface area (Å²) in [5.74, 6) is 0.691. The molecule has 0 spiro atoms. The highest BCUT2D eigenvalue weighted by atomic mass is 79.9. The van der Waals surface area contributed by atoms with E-state index >= 15 is 0 Å². The van der Waals surface area contributed by atoms with E-state index in [4.69, 9.17) is 15.9 Å². The molecule has 0 aromatic heterocycles. The fourth-order valence-electron chi connectivity index (χ4n) is 0.820. The Balaban J connectivity index is 2.68. The summed E-state index contributed by atoms with van der Waals surface area (Å²) in [5.41, 5.74) is 0. The summed E-state index contributed by atoms with van der Waals surface area (Å²) in [6, 6.07) is 9.30. The summed E-state index contributed by atoms with van der Waals surface area (Å²) in [5, 5.41) is -0.518. The largest absolute Gasteiger partial charge is 0.461 e. The zero-order valence-corrected chi connectivity index (χ0v) is 12.2. The highest BCUT2D eigenvalue weighted by Gasteiger charge is 2.36. The minimum absolute atomic E-state index is 0.518. The van der Waals surface area contributed by atoms with Gasteiger partial charge in [-0.1, -0.05) is 24.6 Å². The van der Waals surface area contributed by atoms with Crippen LogP contribution in [0.25, 0.3) is 0 Å². The predicted molar refractivity (Wildman–Crippen MR) is 70.3 cm³/mol. The minimum Gasteiger partial charge on any atom is -0.461 e. The molecule has 0 radical (unpaired) electrons. The van der Waals surface area contributed by atoms with Crippen LogP contribution in [0.1, 0.15) is 0 Å². The van der Waals surface area contributed by atoms with Gasteiger partial charge in [0.25, 0.3) is 3.42 Å². The lowest BCUT2D eigenvalue weighted by molar-refractivity contribution is 0.140. The van der Waals surface area contributed by atoms with E-state index in [1.165, 1.54) is 0 Å². The van der Waals surface area contributed by atoms with Gasteiger partial charge in [-0.25, -0.2) is 0 Å². The number of hydrogen-bond acceptors (Lipinski definition) is 2. The van der Waals surface area contributed by atoms with Gasteiger partial charge in [-0.15, -0.1) is 0 Å². The molecule has 0 heterocycles. The Hall–Kier alpha value is -0.180. The van der Waals surface area contributed by atoms with Gasteiger partial charge < -0.3 is 9.47 Å². The molecule has 80 valence electrons. The monoisotopic (exact) mass is 396 g/mol. The van der Waals surface area contributed by atoms with Crippen molar-refractivity contribution < 1.29 is 9.47 Å². The van der Waals surface area contributed by atoms with Crippen molar-refractivity contribution in [3.05, 3.63) is 30.3 Å². The van der Waals surface area contributed by atoms with E-state index in [-0.39, 0.29) is 0 Å². The molecule has 1 unspecified atom stereocenters. The van der Waals surface area contributed by atoms with Gasteiger partial charge in [0.1, 0.15) is 11.9 Å². The number of hydrogen-bond donors (Lipinski definition) is 0. The van der Waals surface area contributed by atoms with Crippen LogP contribution in [0.5, 0.6) is 5.75 Å². The van der Waals surface area contributed by atoms with Gasteiger partial charge in [-0.2, -0.15) is 0 Å². The first-order chi connectivity index (χ1) is 7.06. The van der Waals surface area contributed by atoms with Crippen LogP contribution in [0.15, 0.2) is 30.3 Å². The molecular weight excluding hydrogens is 392 g/mol. The molecule has 0 bridgehead atoms. The average molecular weight is 399 g/mol. The third-order valence-electron chi connectivity index (χ3n) is 1.43. The molecule has 15 heavy (non-hydrogen) atoms. The highest BCUT2D eigenvalue weighted by Crippen LogP contribution is 2.37. The Morgan fingerprint density at radius 3 is 2.40 bits per heavy atom. The van der Waals surface area contributed by atoms with Gasteiger partial charge >= 0.3 is 0 Å². The normalized spacial score (nSPS) is 12.7. The molecule has 0 aliphatic carbocycles. The second-order valence-electron chi connectivity index (χ2n) is 2.53. The Labute approximate surface area is 114 Å². The SMILES string of the molecule is C#COC(Br)C(Br)(Br)Oc1ccccc1. The van der Waals surface area contributed by atoms with Gasteiger partial charge in [0.2, 0.25) is 5.01 Å². The molecule has 0 aliphatic heterocycles. The topological polar surface area (TPSA) is 18.5 Å². The molecule has 0 amide bonds. The molecule has 1 atom stereocenters. The van der Waals surface area contributed by atoms with Crippen molar-refractivity contribution in [2.75, 3.05) is 0 Å². The number of terminal acetylenes is 1. The van der Waals surface area contributed by atoms with Gasteiger partial charge in [-0.3, -0.25) is 0 Å². The van der Waals surface area contributed by atoms with Crippen LogP contribution in [0.4, 0.5) is 0 Å². The van der Waals surface area contributed by atoms with E-state index in [1.54, 1.807) is 0 Å². The lowest BCUT2D eigenvalue weighted by Crippen LogP contribution is -2.32. The van der Waals surface area contributed by atoms with Crippen molar-refractivity contribution in [1.29, 1.82) is 0 Å². The summed E-state index contributed by atoms with van der Waals surface area (Å²) in [4.78, 5) is 0. The van der Waals surface area contributed by atoms with Crippen molar-refractivity contribution in [2.45, 2.75) is 8.43 Å².